The minimum Gasteiger partial charge on any atom is -0.306 e. The van der Waals surface area contributed by atoms with Crippen molar-refractivity contribution < 1.29 is 0 Å². The lowest BCUT2D eigenvalue weighted by atomic mass is 9.93. The van der Waals surface area contributed by atoms with E-state index in [4.69, 9.17) is 0 Å². The first-order valence-electron chi connectivity index (χ1n) is 6.75. The van der Waals surface area contributed by atoms with Gasteiger partial charge < -0.3 is 5.32 Å². The molecule has 0 amide bonds. The van der Waals surface area contributed by atoms with Gasteiger partial charge in [0.1, 0.15) is 0 Å². The molecular weight excluding hydrogens is 306 g/mol. The molecule has 3 atom stereocenters. The quantitative estimate of drug-likeness (QED) is 0.854. The second kappa shape index (κ2) is 6.97. The molecule has 1 aromatic carbocycles. The van der Waals surface area contributed by atoms with Gasteiger partial charge in [0.15, 0.2) is 0 Å². The zero-order valence-corrected chi connectivity index (χ0v) is 13.6. The molecule has 18 heavy (non-hydrogen) atoms. The van der Waals surface area contributed by atoms with Crippen molar-refractivity contribution in [3.05, 3.63) is 34.3 Å². The van der Waals surface area contributed by atoms with E-state index in [1.165, 1.54) is 35.7 Å². The predicted octanol–water partition coefficient (Wildman–Crippen LogP) is 4.77. The van der Waals surface area contributed by atoms with Crippen LogP contribution in [-0.4, -0.2) is 17.5 Å². The van der Waals surface area contributed by atoms with Crippen molar-refractivity contribution >= 4 is 27.7 Å². The SMILES string of the molecule is CSC1CCCCC1NC(C)c1cccc(Br)c1. The van der Waals surface area contributed by atoms with Crippen molar-refractivity contribution in [1.82, 2.24) is 5.32 Å². The lowest BCUT2D eigenvalue weighted by Gasteiger charge is -2.33. The van der Waals surface area contributed by atoms with Gasteiger partial charge in [-0.1, -0.05) is 40.9 Å². The Morgan fingerprint density at radius 3 is 2.83 bits per heavy atom. The van der Waals surface area contributed by atoms with Gasteiger partial charge in [-0.25, -0.2) is 0 Å². The fraction of sp³-hybridized carbons (Fsp3) is 0.600. The summed E-state index contributed by atoms with van der Waals surface area (Å²) in [4.78, 5) is 0. The molecular formula is C15H22BrNS. The number of rotatable bonds is 4. The summed E-state index contributed by atoms with van der Waals surface area (Å²) >= 11 is 5.57. The first-order valence-corrected chi connectivity index (χ1v) is 8.83. The summed E-state index contributed by atoms with van der Waals surface area (Å²) in [6, 6.07) is 9.72. The fourth-order valence-corrected chi connectivity index (χ4v) is 4.13. The van der Waals surface area contributed by atoms with Crippen LogP contribution in [0.1, 0.15) is 44.2 Å². The van der Waals surface area contributed by atoms with Gasteiger partial charge >= 0.3 is 0 Å². The Kier molecular flexibility index (Phi) is 5.58. The molecule has 1 aliphatic rings. The second-order valence-corrected chi connectivity index (χ2v) is 7.10. The predicted molar refractivity (Wildman–Crippen MR) is 85.3 cm³/mol. The first kappa shape index (κ1) is 14.4. The van der Waals surface area contributed by atoms with Gasteiger partial charge in [-0.05, 0) is 43.7 Å². The maximum Gasteiger partial charge on any atom is 0.0295 e. The minimum atomic E-state index is 0.431. The molecule has 1 aliphatic carbocycles. The highest BCUT2D eigenvalue weighted by atomic mass is 79.9. The third kappa shape index (κ3) is 3.75. The first-order chi connectivity index (χ1) is 8.70. The van der Waals surface area contributed by atoms with Crippen LogP contribution in [0.3, 0.4) is 0 Å². The van der Waals surface area contributed by atoms with Gasteiger partial charge in [0.2, 0.25) is 0 Å². The lowest BCUT2D eigenvalue weighted by Crippen LogP contribution is -2.41. The zero-order chi connectivity index (χ0) is 13.0. The van der Waals surface area contributed by atoms with E-state index < -0.39 is 0 Å². The smallest absolute Gasteiger partial charge is 0.0295 e. The summed E-state index contributed by atoms with van der Waals surface area (Å²) in [7, 11) is 0. The highest BCUT2D eigenvalue weighted by Gasteiger charge is 2.25. The van der Waals surface area contributed by atoms with E-state index in [1.54, 1.807) is 0 Å². The average Bonchev–Trinajstić information content (AvgIpc) is 2.39. The summed E-state index contributed by atoms with van der Waals surface area (Å²) in [5, 5.41) is 4.61. The Morgan fingerprint density at radius 2 is 2.11 bits per heavy atom. The highest BCUT2D eigenvalue weighted by Crippen LogP contribution is 2.29. The van der Waals surface area contributed by atoms with Crippen LogP contribution in [-0.2, 0) is 0 Å². The van der Waals surface area contributed by atoms with Gasteiger partial charge in [0.05, 0.1) is 0 Å². The summed E-state index contributed by atoms with van der Waals surface area (Å²) in [5.41, 5.74) is 1.37. The number of thioether (sulfide) groups is 1. The van der Waals surface area contributed by atoms with E-state index in [1.807, 2.05) is 11.8 Å². The van der Waals surface area contributed by atoms with Crippen LogP contribution in [0.15, 0.2) is 28.7 Å². The van der Waals surface area contributed by atoms with E-state index in [2.05, 4.69) is 58.7 Å². The van der Waals surface area contributed by atoms with Crippen LogP contribution in [0.5, 0.6) is 0 Å². The number of halogens is 1. The number of hydrogen-bond acceptors (Lipinski definition) is 2. The summed E-state index contributed by atoms with van der Waals surface area (Å²) in [6.07, 6.45) is 7.71. The Hall–Kier alpha value is 0.01000. The topological polar surface area (TPSA) is 12.0 Å². The molecule has 0 saturated heterocycles. The van der Waals surface area contributed by atoms with Crippen LogP contribution >= 0.6 is 27.7 Å². The van der Waals surface area contributed by atoms with Gasteiger partial charge in [0.25, 0.3) is 0 Å². The molecule has 0 aliphatic heterocycles. The molecule has 0 heterocycles. The van der Waals surface area contributed by atoms with Gasteiger partial charge in [0, 0.05) is 21.8 Å². The number of benzene rings is 1. The Bertz CT molecular complexity index is 383. The molecule has 1 aromatic rings. The zero-order valence-electron chi connectivity index (χ0n) is 11.2. The van der Waals surface area contributed by atoms with E-state index in [-0.39, 0.29) is 0 Å². The Labute approximate surface area is 123 Å². The van der Waals surface area contributed by atoms with Crippen molar-refractivity contribution in [1.29, 1.82) is 0 Å². The molecule has 0 spiro atoms. The summed E-state index contributed by atoms with van der Waals surface area (Å²) in [6.45, 7) is 2.27. The maximum atomic E-state index is 3.82. The lowest BCUT2D eigenvalue weighted by molar-refractivity contribution is 0.356. The molecule has 1 nitrogen and oxygen atoms in total. The third-order valence-electron chi connectivity index (χ3n) is 3.82. The van der Waals surface area contributed by atoms with Crippen molar-refractivity contribution in [2.24, 2.45) is 0 Å². The van der Waals surface area contributed by atoms with Gasteiger partial charge in [-0.3, -0.25) is 0 Å². The van der Waals surface area contributed by atoms with Gasteiger partial charge in [-0.2, -0.15) is 11.8 Å². The van der Waals surface area contributed by atoms with E-state index in [0.717, 1.165) is 5.25 Å². The molecule has 3 unspecified atom stereocenters. The van der Waals surface area contributed by atoms with Crippen molar-refractivity contribution in [2.75, 3.05) is 6.26 Å². The van der Waals surface area contributed by atoms with Crippen LogP contribution in [0.25, 0.3) is 0 Å². The second-order valence-electron chi connectivity index (χ2n) is 5.11. The third-order valence-corrected chi connectivity index (χ3v) is 5.48. The van der Waals surface area contributed by atoms with E-state index >= 15 is 0 Å². The van der Waals surface area contributed by atoms with Gasteiger partial charge in [-0.15, -0.1) is 0 Å². The molecule has 0 radical (unpaired) electrons. The monoisotopic (exact) mass is 327 g/mol. The molecule has 0 bridgehead atoms. The minimum absolute atomic E-state index is 0.431. The highest BCUT2D eigenvalue weighted by molar-refractivity contribution is 9.10. The number of hydrogen-bond donors (Lipinski definition) is 1. The van der Waals surface area contributed by atoms with Crippen LogP contribution in [0.4, 0.5) is 0 Å². The largest absolute Gasteiger partial charge is 0.306 e. The van der Waals surface area contributed by atoms with Crippen molar-refractivity contribution in [3.8, 4) is 0 Å². The fourth-order valence-electron chi connectivity index (χ4n) is 2.76. The maximum absolute atomic E-state index is 3.82. The molecule has 1 N–H and O–H groups in total. The van der Waals surface area contributed by atoms with E-state index in [0.29, 0.717) is 12.1 Å². The average molecular weight is 328 g/mol. The molecule has 1 saturated carbocycles. The van der Waals surface area contributed by atoms with Crippen molar-refractivity contribution in [2.45, 2.75) is 49.9 Å². The molecule has 1 fully saturated rings. The molecule has 2 rings (SSSR count). The standard InChI is InChI=1S/C15H22BrNS/c1-11(12-6-5-7-13(16)10-12)17-14-8-3-4-9-15(14)18-2/h5-7,10-11,14-15,17H,3-4,8-9H2,1-2H3. The molecule has 3 heteroatoms. The van der Waals surface area contributed by atoms with Crippen molar-refractivity contribution in [3.63, 3.8) is 0 Å². The van der Waals surface area contributed by atoms with Crippen LogP contribution in [0, 0.1) is 0 Å². The van der Waals surface area contributed by atoms with E-state index in [9.17, 15) is 0 Å². The number of nitrogens with one attached hydrogen (secondary N) is 1. The Balaban J connectivity index is 1.99. The van der Waals surface area contributed by atoms with Crippen LogP contribution in [0.2, 0.25) is 0 Å². The molecule has 0 aromatic heterocycles. The summed E-state index contributed by atoms with van der Waals surface area (Å²) in [5.74, 6) is 0. The molecule has 100 valence electrons. The summed E-state index contributed by atoms with van der Waals surface area (Å²) < 4.78 is 1.17. The normalized spacial score (nSPS) is 25.9. The van der Waals surface area contributed by atoms with Crippen LogP contribution < -0.4 is 5.32 Å². The Morgan fingerprint density at radius 1 is 1.33 bits per heavy atom.